The van der Waals surface area contributed by atoms with Gasteiger partial charge in [-0.05, 0) is 42.3 Å². The molecule has 1 N–H and O–H groups in total. The molecule has 0 amide bonds. The molecule has 3 rings (SSSR count). The fraction of sp³-hybridized carbons (Fsp3) is 0.133. The van der Waals surface area contributed by atoms with Crippen LogP contribution in [0.4, 0.5) is 4.39 Å². The number of nitrogens with zero attached hydrogens (tertiary/aromatic N) is 1. The summed E-state index contributed by atoms with van der Waals surface area (Å²) >= 11 is 3.44. The fourth-order valence-corrected chi connectivity index (χ4v) is 2.43. The van der Waals surface area contributed by atoms with Crippen LogP contribution in [0.1, 0.15) is 11.4 Å². The van der Waals surface area contributed by atoms with Crippen LogP contribution in [-0.2, 0) is 12.8 Å². The molecular formula is C15H12BrFN2. The minimum Gasteiger partial charge on any atom is -0.342 e. The number of aromatic amines is 1. The van der Waals surface area contributed by atoms with Gasteiger partial charge in [0.1, 0.15) is 11.6 Å². The Morgan fingerprint density at radius 2 is 1.84 bits per heavy atom. The lowest BCUT2D eigenvalue weighted by atomic mass is 10.1. The Kier molecular flexibility index (Phi) is 3.34. The first-order chi connectivity index (χ1) is 9.20. The van der Waals surface area contributed by atoms with Crippen molar-refractivity contribution in [2.24, 2.45) is 0 Å². The summed E-state index contributed by atoms with van der Waals surface area (Å²) in [5.41, 5.74) is 3.11. The molecule has 19 heavy (non-hydrogen) atoms. The molecule has 0 radical (unpaired) electrons. The number of aromatic nitrogens is 2. The van der Waals surface area contributed by atoms with Crippen molar-refractivity contribution in [2.45, 2.75) is 12.8 Å². The number of hydrogen-bond acceptors (Lipinski definition) is 1. The summed E-state index contributed by atoms with van der Waals surface area (Å²) in [5.74, 6) is 0.759. The summed E-state index contributed by atoms with van der Waals surface area (Å²) in [6, 6.07) is 12.6. The van der Waals surface area contributed by atoms with Gasteiger partial charge in [0.15, 0.2) is 0 Å². The Bertz CT molecular complexity index is 704. The van der Waals surface area contributed by atoms with E-state index in [0.717, 1.165) is 39.7 Å². The maximum absolute atomic E-state index is 12.8. The van der Waals surface area contributed by atoms with E-state index in [2.05, 4.69) is 25.9 Å². The third-order valence-electron chi connectivity index (χ3n) is 3.06. The molecule has 0 unspecified atom stereocenters. The van der Waals surface area contributed by atoms with E-state index in [0.29, 0.717) is 0 Å². The Balaban J connectivity index is 1.76. The summed E-state index contributed by atoms with van der Waals surface area (Å²) in [6.45, 7) is 0. The maximum atomic E-state index is 12.8. The van der Waals surface area contributed by atoms with Crippen LogP contribution in [0.15, 0.2) is 46.9 Å². The maximum Gasteiger partial charge on any atom is 0.123 e. The fourth-order valence-electron chi connectivity index (χ4n) is 2.07. The Morgan fingerprint density at radius 3 is 2.63 bits per heavy atom. The molecule has 1 aromatic heterocycles. The molecule has 0 spiro atoms. The number of imidazole rings is 1. The highest BCUT2D eigenvalue weighted by Gasteiger charge is 2.03. The normalized spacial score (nSPS) is 11.1. The standard InChI is InChI=1S/C15H12BrFN2/c16-11-4-7-13-14(9-11)19-15(18-13)8-3-10-1-5-12(17)6-2-10/h1-2,4-7,9H,3,8H2,(H,18,19). The average molecular weight is 319 g/mol. The lowest BCUT2D eigenvalue weighted by Gasteiger charge is -1.98. The Hall–Kier alpha value is -1.68. The molecule has 0 fully saturated rings. The molecule has 0 aliphatic heterocycles. The zero-order valence-electron chi connectivity index (χ0n) is 10.2. The SMILES string of the molecule is Fc1ccc(CCc2nc3ccc(Br)cc3[nH]2)cc1. The number of hydrogen-bond donors (Lipinski definition) is 1. The van der Waals surface area contributed by atoms with E-state index in [9.17, 15) is 4.39 Å². The van der Waals surface area contributed by atoms with Gasteiger partial charge in [-0.1, -0.05) is 28.1 Å². The van der Waals surface area contributed by atoms with Crippen molar-refractivity contribution < 1.29 is 4.39 Å². The predicted octanol–water partition coefficient (Wildman–Crippen LogP) is 4.25. The van der Waals surface area contributed by atoms with Gasteiger partial charge in [-0.15, -0.1) is 0 Å². The smallest absolute Gasteiger partial charge is 0.123 e. The topological polar surface area (TPSA) is 28.7 Å². The van der Waals surface area contributed by atoms with Gasteiger partial charge in [0.05, 0.1) is 11.0 Å². The van der Waals surface area contributed by atoms with Crippen molar-refractivity contribution in [1.29, 1.82) is 0 Å². The molecular weight excluding hydrogens is 307 g/mol. The number of H-pyrrole nitrogens is 1. The van der Waals surface area contributed by atoms with Crippen molar-refractivity contribution in [3.05, 3.63) is 64.1 Å². The van der Waals surface area contributed by atoms with E-state index in [1.165, 1.54) is 12.1 Å². The molecule has 2 aromatic carbocycles. The van der Waals surface area contributed by atoms with E-state index in [1.54, 1.807) is 0 Å². The number of rotatable bonds is 3. The first-order valence-electron chi connectivity index (χ1n) is 6.09. The van der Waals surface area contributed by atoms with Gasteiger partial charge in [0, 0.05) is 10.9 Å². The van der Waals surface area contributed by atoms with Gasteiger partial charge in [-0.25, -0.2) is 9.37 Å². The second kappa shape index (κ2) is 5.13. The van der Waals surface area contributed by atoms with Crippen LogP contribution in [0.5, 0.6) is 0 Å². The first kappa shape index (κ1) is 12.4. The molecule has 0 saturated heterocycles. The van der Waals surface area contributed by atoms with Crippen LogP contribution in [0.3, 0.4) is 0 Å². The van der Waals surface area contributed by atoms with Crippen LogP contribution in [-0.4, -0.2) is 9.97 Å². The molecule has 96 valence electrons. The van der Waals surface area contributed by atoms with Crippen LogP contribution in [0, 0.1) is 5.82 Å². The lowest BCUT2D eigenvalue weighted by molar-refractivity contribution is 0.627. The minimum atomic E-state index is -0.197. The van der Waals surface area contributed by atoms with Gasteiger partial charge in [-0.2, -0.15) is 0 Å². The van der Waals surface area contributed by atoms with Crippen LogP contribution in [0.25, 0.3) is 11.0 Å². The number of halogens is 2. The molecule has 4 heteroatoms. The largest absolute Gasteiger partial charge is 0.342 e. The summed E-state index contributed by atoms with van der Waals surface area (Å²) < 4.78 is 13.8. The highest BCUT2D eigenvalue weighted by Crippen LogP contribution is 2.18. The van der Waals surface area contributed by atoms with Crippen molar-refractivity contribution >= 4 is 27.0 Å². The Morgan fingerprint density at radius 1 is 1.05 bits per heavy atom. The van der Waals surface area contributed by atoms with E-state index in [-0.39, 0.29) is 5.82 Å². The average Bonchev–Trinajstić information content (AvgIpc) is 2.80. The summed E-state index contributed by atoms with van der Waals surface area (Å²) in [7, 11) is 0. The molecule has 0 atom stereocenters. The number of aryl methyl sites for hydroxylation is 2. The summed E-state index contributed by atoms with van der Waals surface area (Å²) in [6.07, 6.45) is 1.67. The summed E-state index contributed by atoms with van der Waals surface area (Å²) in [5, 5.41) is 0. The minimum absolute atomic E-state index is 0.197. The van der Waals surface area contributed by atoms with Gasteiger partial charge < -0.3 is 4.98 Å². The van der Waals surface area contributed by atoms with Gasteiger partial charge >= 0.3 is 0 Å². The second-order valence-electron chi connectivity index (χ2n) is 4.47. The van der Waals surface area contributed by atoms with Crippen LogP contribution >= 0.6 is 15.9 Å². The van der Waals surface area contributed by atoms with Gasteiger partial charge in [-0.3, -0.25) is 0 Å². The third kappa shape index (κ3) is 2.84. The highest BCUT2D eigenvalue weighted by atomic mass is 79.9. The zero-order chi connectivity index (χ0) is 13.2. The first-order valence-corrected chi connectivity index (χ1v) is 6.88. The zero-order valence-corrected chi connectivity index (χ0v) is 11.7. The number of benzene rings is 2. The lowest BCUT2D eigenvalue weighted by Crippen LogP contribution is -1.93. The van der Waals surface area contributed by atoms with Crippen LogP contribution in [0.2, 0.25) is 0 Å². The van der Waals surface area contributed by atoms with E-state index < -0.39 is 0 Å². The second-order valence-corrected chi connectivity index (χ2v) is 5.39. The quantitative estimate of drug-likeness (QED) is 0.768. The molecule has 0 bridgehead atoms. The molecule has 3 aromatic rings. The predicted molar refractivity (Wildman–Crippen MR) is 77.6 cm³/mol. The van der Waals surface area contributed by atoms with Crippen molar-refractivity contribution in [3.8, 4) is 0 Å². The monoisotopic (exact) mass is 318 g/mol. The number of fused-ring (bicyclic) bond motifs is 1. The Labute approximate surface area is 118 Å². The highest BCUT2D eigenvalue weighted by molar-refractivity contribution is 9.10. The van der Waals surface area contributed by atoms with Crippen molar-refractivity contribution in [3.63, 3.8) is 0 Å². The van der Waals surface area contributed by atoms with Crippen molar-refractivity contribution in [2.75, 3.05) is 0 Å². The molecule has 2 nitrogen and oxygen atoms in total. The van der Waals surface area contributed by atoms with E-state index >= 15 is 0 Å². The molecule has 1 heterocycles. The third-order valence-corrected chi connectivity index (χ3v) is 3.55. The molecule has 0 aliphatic rings. The van der Waals surface area contributed by atoms with Crippen molar-refractivity contribution in [1.82, 2.24) is 9.97 Å². The van der Waals surface area contributed by atoms with E-state index in [4.69, 9.17) is 0 Å². The molecule has 0 saturated carbocycles. The van der Waals surface area contributed by atoms with Crippen LogP contribution < -0.4 is 0 Å². The summed E-state index contributed by atoms with van der Waals surface area (Å²) in [4.78, 5) is 7.84. The van der Waals surface area contributed by atoms with Gasteiger partial charge in [0.2, 0.25) is 0 Å². The number of nitrogens with one attached hydrogen (secondary N) is 1. The van der Waals surface area contributed by atoms with Gasteiger partial charge in [0.25, 0.3) is 0 Å². The van der Waals surface area contributed by atoms with E-state index in [1.807, 2.05) is 30.3 Å². The molecule has 0 aliphatic carbocycles.